The molecule has 1 aliphatic heterocycles. The Morgan fingerprint density at radius 1 is 1.03 bits per heavy atom. The number of anilines is 2. The maximum Gasteiger partial charge on any atom is 0.255 e. The van der Waals surface area contributed by atoms with Gasteiger partial charge >= 0.3 is 0 Å². The Morgan fingerprint density at radius 3 is 2.33 bits per heavy atom. The lowest BCUT2D eigenvalue weighted by atomic mass is 9.94. The van der Waals surface area contributed by atoms with Crippen molar-refractivity contribution < 1.29 is 19.0 Å². The molecule has 1 amide bonds. The van der Waals surface area contributed by atoms with E-state index >= 15 is 0 Å². The second kappa shape index (κ2) is 8.81. The molecule has 2 N–H and O–H groups in total. The van der Waals surface area contributed by atoms with Crippen LogP contribution in [-0.4, -0.2) is 47.4 Å². The SMILES string of the molecule is COc1cc([C@@H]2C(C(=O)Nc3ccc(C)cc3C)=C(C)Nc3nnnn32)cc(OC)c1OC. The molecule has 4 rings (SSSR count). The van der Waals surface area contributed by atoms with E-state index in [4.69, 9.17) is 14.2 Å². The lowest BCUT2D eigenvalue weighted by molar-refractivity contribution is -0.113. The van der Waals surface area contributed by atoms with Gasteiger partial charge in [-0.3, -0.25) is 4.79 Å². The van der Waals surface area contributed by atoms with E-state index in [0.29, 0.717) is 40.0 Å². The number of benzene rings is 2. The number of methoxy groups -OCH3 is 3. The highest BCUT2D eigenvalue weighted by atomic mass is 16.5. The van der Waals surface area contributed by atoms with Crippen molar-refractivity contribution in [3.05, 3.63) is 58.3 Å². The first-order valence-electron chi connectivity index (χ1n) is 10.3. The van der Waals surface area contributed by atoms with Crippen LogP contribution in [0.25, 0.3) is 0 Å². The summed E-state index contributed by atoms with van der Waals surface area (Å²) in [6, 6.07) is 8.83. The Hall–Kier alpha value is -4.08. The Labute approximate surface area is 191 Å². The molecule has 10 heteroatoms. The van der Waals surface area contributed by atoms with E-state index in [1.807, 2.05) is 39.0 Å². The van der Waals surface area contributed by atoms with E-state index in [1.165, 1.54) is 7.11 Å². The number of nitrogens with one attached hydrogen (secondary N) is 2. The lowest BCUT2D eigenvalue weighted by Crippen LogP contribution is -2.31. The largest absolute Gasteiger partial charge is 0.493 e. The van der Waals surface area contributed by atoms with E-state index in [2.05, 4.69) is 26.2 Å². The second-order valence-corrected chi connectivity index (χ2v) is 7.74. The Balaban J connectivity index is 1.83. The molecule has 0 fully saturated rings. The van der Waals surface area contributed by atoms with Crippen LogP contribution in [0.1, 0.15) is 29.7 Å². The van der Waals surface area contributed by atoms with Crippen LogP contribution < -0.4 is 24.8 Å². The number of amides is 1. The molecule has 3 aromatic rings. The van der Waals surface area contributed by atoms with Gasteiger partial charge < -0.3 is 24.8 Å². The molecule has 33 heavy (non-hydrogen) atoms. The Kier molecular flexibility index (Phi) is 5.91. The molecule has 10 nitrogen and oxygen atoms in total. The highest BCUT2D eigenvalue weighted by Crippen LogP contribution is 2.43. The molecule has 1 aliphatic rings. The maximum absolute atomic E-state index is 13.6. The van der Waals surface area contributed by atoms with Crippen LogP contribution in [0.3, 0.4) is 0 Å². The third-order valence-corrected chi connectivity index (χ3v) is 5.59. The van der Waals surface area contributed by atoms with Crippen LogP contribution in [0, 0.1) is 13.8 Å². The summed E-state index contributed by atoms with van der Waals surface area (Å²) in [5.74, 6) is 1.54. The first kappa shape index (κ1) is 22.1. The van der Waals surface area contributed by atoms with Crippen molar-refractivity contribution in [2.45, 2.75) is 26.8 Å². The molecule has 2 aromatic carbocycles. The molecule has 0 unspecified atom stereocenters. The van der Waals surface area contributed by atoms with Crippen molar-refractivity contribution >= 4 is 17.5 Å². The van der Waals surface area contributed by atoms with Crippen molar-refractivity contribution in [2.24, 2.45) is 0 Å². The van der Waals surface area contributed by atoms with Gasteiger partial charge in [0.2, 0.25) is 11.7 Å². The Morgan fingerprint density at radius 2 is 1.73 bits per heavy atom. The highest BCUT2D eigenvalue weighted by molar-refractivity contribution is 6.06. The molecule has 2 heterocycles. The minimum atomic E-state index is -0.629. The van der Waals surface area contributed by atoms with Crippen molar-refractivity contribution in [3.8, 4) is 17.2 Å². The third kappa shape index (κ3) is 3.95. The van der Waals surface area contributed by atoms with Crippen LogP contribution in [0.5, 0.6) is 17.2 Å². The number of hydrogen-bond donors (Lipinski definition) is 2. The molecule has 1 atom stereocenters. The summed E-state index contributed by atoms with van der Waals surface area (Å²) in [5.41, 5.74) is 4.62. The molecule has 0 aliphatic carbocycles. The van der Waals surface area contributed by atoms with E-state index in [1.54, 1.807) is 31.0 Å². The predicted molar refractivity (Wildman–Crippen MR) is 123 cm³/mol. The zero-order valence-electron chi connectivity index (χ0n) is 19.4. The highest BCUT2D eigenvalue weighted by Gasteiger charge is 2.35. The van der Waals surface area contributed by atoms with Gasteiger partial charge in [-0.1, -0.05) is 22.8 Å². The number of hydrogen-bond acceptors (Lipinski definition) is 8. The van der Waals surface area contributed by atoms with Gasteiger partial charge in [0.15, 0.2) is 11.5 Å². The van der Waals surface area contributed by atoms with E-state index in [0.717, 1.165) is 16.8 Å². The number of allylic oxidation sites excluding steroid dienone is 1. The molecule has 1 aromatic heterocycles. The average Bonchev–Trinajstić information content (AvgIpc) is 3.26. The summed E-state index contributed by atoms with van der Waals surface area (Å²) in [6.45, 7) is 5.79. The van der Waals surface area contributed by atoms with Crippen LogP contribution in [0.4, 0.5) is 11.6 Å². The van der Waals surface area contributed by atoms with Crippen LogP contribution in [-0.2, 0) is 4.79 Å². The number of tetrazole rings is 1. The number of carbonyl (C=O) groups excluding carboxylic acids is 1. The van der Waals surface area contributed by atoms with E-state index in [9.17, 15) is 4.79 Å². The number of nitrogens with zero attached hydrogens (tertiary/aromatic N) is 4. The van der Waals surface area contributed by atoms with Gasteiger partial charge in [-0.25, -0.2) is 0 Å². The predicted octanol–water partition coefficient (Wildman–Crippen LogP) is 3.24. The second-order valence-electron chi connectivity index (χ2n) is 7.74. The summed E-state index contributed by atoms with van der Waals surface area (Å²) in [4.78, 5) is 13.6. The van der Waals surface area contributed by atoms with E-state index in [-0.39, 0.29) is 5.91 Å². The van der Waals surface area contributed by atoms with Gasteiger partial charge in [0.1, 0.15) is 6.04 Å². The number of ether oxygens (including phenoxy) is 3. The molecule has 0 radical (unpaired) electrons. The first-order valence-corrected chi connectivity index (χ1v) is 10.3. The maximum atomic E-state index is 13.6. The summed E-state index contributed by atoms with van der Waals surface area (Å²) in [5, 5.41) is 18.1. The smallest absolute Gasteiger partial charge is 0.255 e. The monoisotopic (exact) mass is 450 g/mol. The summed E-state index contributed by atoms with van der Waals surface area (Å²) >= 11 is 0. The number of aryl methyl sites for hydroxylation is 2. The van der Waals surface area contributed by atoms with Crippen LogP contribution >= 0.6 is 0 Å². The van der Waals surface area contributed by atoms with E-state index < -0.39 is 6.04 Å². The quantitative estimate of drug-likeness (QED) is 0.589. The van der Waals surface area contributed by atoms with Gasteiger partial charge in [0.05, 0.1) is 26.9 Å². The summed E-state index contributed by atoms with van der Waals surface area (Å²) in [7, 11) is 4.62. The fraction of sp³-hybridized carbons (Fsp3) is 0.304. The molecular weight excluding hydrogens is 424 g/mol. The topological polar surface area (TPSA) is 112 Å². The van der Waals surface area contributed by atoms with Crippen molar-refractivity contribution in [1.29, 1.82) is 0 Å². The fourth-order valence-electron chi connectivity index (χ4n) is 4.02. The van der Waals surface area contributed by atoms with Gasteiger partial charge in [-0.15, -0.1) is 0 Å². The van der Waals surface area contributed by atoms with Crippen LogP contribution in [0.15, 0.2) is 41.6 Å². The zero-order chi connectivity index (χ0) is 23.7. The van der Waals surface area contributed by atoms with Gasteiger partial charge in [-0.05, 0) is 60.5 Å². The van der Waals surface area contributed by atoms with Crippen molar-refractivity contribution in [3.63, 3.8) is 0 Å². The minimum Gasteiger partial charge on any atom is -0.493 e. The lowest BCUT2D eigenvalue weighted by Gasteiger charge is -2.29. The third-order valence-electron chi connectivity index (χ3n) is 5.59. The number of aromatic nitrogens is 4. The summed E-state index contributed by atoms with van der Waals surface area (Å²) in [6.07, 6.45) is 0. The van der Waals surface area contributed by atoms with Crippen molar-refractivity contribution in [1.82, 2.24) is 20.2 Å². The molecular formula is C23H26N6O4. The summed E-state index contributed by atoms with van der Waals surface area (Å²) < 4.78 is 18.1. The van der Waals surface area contributed by atoms with Gasteiger partial charge in [0, 0.05) is 11.4 Å². The molecule has 0 saturated carbocycles. The van der Waals surface area contributed by atoms with Crippen molar-refractivity contribution in [2.75, 3.05) is 32.0 Å². The zero-order valence-corrected chi connectivity index (χ0v) is 19.4. The first-order chi connectivity index (χ1) is 15.9. The molecule has 0 saturated heterocycles. The Bertz CT molecular complexity index is 1220. The minimum absolute atomic E-state index is 0.271. The standard InChI is InChI=1S/C23H26N6O4/c1-12-7-8-16(13(2)9-12)25-22(30)19-14(3)24-23-26-27-28-29(23)20(19)15-10-17(31-4)21(33-6)18(11-15)32-5/h7-11,20H,1-6H3,(H,25,30)(H,24,26,28)/t20-/m1/s1. The fourth-order valence-corrected chi connectivity index (χ4v) is 4.02. The van der Waals surface area contributed by atoms with Gasteiger partial charge in [-0.2, -0.15) is 4.68 Å². The number of fused-ring (bicyclic) bond motifs is 1. The molecule has 172 valence electrons. The average molecular weight is 450 g/mol. The number of carbonyl (C=O) groups is 1. The van der Waals surface area contributed by atoms with Crippen LogP contribution in [0.2, 0.25) is 0 Å². The van der Waals surface area contributed by atoms with Gasteiger partial charge in [0.25, 0.3) is 5.91 Å². The number of rotatable bonds is 6. The molecule has 0 bridgehead atoms. The molecule has 0 spiro atoms. The normalized spacial score (nSPS) is 14.9.